The minimum atomic E-state index is -0.928. The fourth-order valence-corrected chi connectivity index (χ4v) is 2.30. The number of hydrogen-bond donors (Lipinski definition) is 0. The van der Waals surface area contributed by atoms with Crippen LogP contribution in [0, 0.1) is 0 Å². The van der Waals surface area contributed by atoms with Gasteiger partial charge in [0.2, 0.25) is 0 Å². The molecule has 50 valence electrons. The van der Waals surface area contributed by atoms with Crippen LogP contribution in [0.25, 0.3) is 0 Å². The first-order chi connectivity index (χ1) is 4.34. The van der Waals surface area contributed by atoms with E-state index in [-0.39, 0.29) is 0 Å². The SMILES string of the molecule is CCSC1=NC=CS1=O. The lowest BCUT2D eigenvalue weighted by molar-refractivity contribution is 0.695. The molecule has 0 aliphatic carbocycles. The Kier molecular flexibility index (Phi) is 2.48. The molecule has 0 amide bonds. The van der Waals surface area contributed by atoms with Crippen molar-refractivity contribution in [2.24, 2.45) is 4.99 Å². The van der Waals surface area contributed by atoms with Crippen LogP contribution in [-0.4, -0.2) is 14.3 Å². The predicted molar refractivity (Wildman–Crippen MR) is 42.8 cm³/mol. The summed E-state index contributed by atoms with van der Waals surface area (Å²) < 4.78 is 11.6. The number of hydrogen-bond acceptors (Lipinski definition) is 3. The van der Waals surface area contributed by atoms with Gasteiger partial charge in [-0.25, -0.2) is 9.20 Å². The van der Waals surface area contributed by atoms with Gasteiger partial charge in [-0.05, 0) is 5.75 Å². The van der Waals surface area contributed by atoms with Crippen molar-refractivity contribution in [3.8, 4) is 0 Å². The average Bonchev–Trinajstić information content (AvgIpc) is 2.18. The smallest absolute Gasteiger partial charge is 0.164 e. The van der Waals surface area contributed by atoms with Crippen LogP contribution in [0.2, 0.25) is 0 Å². The summed E-state index contributed by atoms with van der Waals surface area (Å²) in [5, 5.41) is 1.60. The quantitative estimate of drug-likeness (QED) is 0.580. The number of thioether (sulfide) groups is 1. The first-order valence-electron chi connectivity index (χ1n) is 2.62. The third kappa shape index (κ3) is 1.66. The maximum absolute atomic E-state index is 10.8. The summed E-state index contributed by atoms with van der Waals surface area (Å²) in [7, 11) is -0.928. The normalized spacial score (nSPS) is 24.6. The highest BCUT2D eigenvalue weighted by Gasteiger charge is 2.08. The van der Waals surface area contributed by atoms with Gasteiger partial charge in [0, 0.05) is 11.6 Å². The van der Waals surface area contributed by atoms with Crippen LogP contribution < -0.4 is 0 Å². The van der Waals surface area contributed by atoms with Gasteiger partial charge in [-0.2, -0.15) is 0 Å². The third-order valence-corrected chi connectivity index (χ3v) is 3.11. The Morgan fingerprint density at radius 2 is 2.67 bits per heavy atom. The molecule has 0 saturated heterocycles. The van der Waals surface area contributed by atoms with E-state index in [0.717, 1.165) is 10.1 Å². The van der Waals surface area contributed by atoms with Crippen LogP contribution >= 0.6 is 11.8 Å². The van der Waals surface area contributed by atoms with Crippen molar-refractivity contribution in [1.29, 1.82) is 0 Å². The molecule has 0 bridgehead atoms. The zero-order chi connectivity index (χ0) is 6.69. The molecule has 0 fully saturated rings. The number of nitrogens with zero attached hydrogens (tertiary/aromatic N) is 1. The summed E-state index contributed by atoms with van der Waals surface area (Å²) in [6.45, 7) is 2.02. The van der Waals surface area contributed by atoms with Crippen LogP contribution in [0.1, 0.15) is 6.92 Å². The van der Waals surface area contributed by atoms with Crippen molar-refractivity contribution < 1.29 is 4.21 Å². The molecule has 1 atom stereocenters. The van der Waals surface area contributed by atoms with Gasteiger partial charge in [-0.15, -0.1) is 0 Å². The molecule has 1 heterocycles. The molecule has 1 rings (SSSR count). The molecule has 0 aromatic rings. The van der Waals surface area contributed by atoms with Crippen LogP contribution in [0.3, 0.4) is 0 Å². The lowest BCUT2D eigenvalue weighted by Gasteiger charge is -1.91. The highest BCUT2D eigenvalue weighted by molar-refractivity contribution is 8.34. The van der Waals surface area contributed by atoms with E-state index in [1.54, 1.807) is 11.6 Å². The van der Waals surface area contributed by atoms with Crippen molar-refractivity contribution in [3.63, 3.8) is 0 Å². The summed E-state index contributed by atoms with van der Waals surface area (Å²) >= 11 is 1.53. The van der Waals surface area contributed by atoms with E-state index in [9.17, 15) is 4.21 Å². The average molecular weight is 161 g/mol. The van der Waals surface area contributed by atoms with Crippen molar-refractivity contribution in [2.45, 2.75) is 6.92 Å². The van der Waals surface area contributed by atoms with Crippen LogP contribution in [0.4, 0.5) is 0 Å². The van der Waals surface area contributed by atoms with Gasteiger partial charge in [0.05, 0.1) is 0 Å². The van der Waals surface area contributed by atoms with Crippen LogP contribution in [0.5, 0.6) is 0 Å². The topological polar surface area (TPSA) is 29.4 Å². The molecular formula is C5H7NOS2. The second-order valence-corrected chi connectivity index (χ2v) is 4.18. The molecule has 2 nitrogen and oxygen atoms in total. The minimum Gasteiger partial charge on any atom is -0.247 e. The summed E-state index contributed by atoms with van der Waals surface area (Å²) in [5.74, 6) is 0.937. The highest BCUT2D eigenvalue weighted by atomic mass is 32.2. The molecule has 0 spiro atoms. The van der Waals surface area contributed by atoms with Crippen molar-refractivity contribution in [2.75, 3.05) is 5.75 Å². The van der Waals surface area contributed by atoms with Crippen LogP contribution in [0.15, 0.2) is 16.6 Å². The fourth-order valence-electron chi connectivity index (χ4n) is 0.476. The summed E-state index contributed by atoms with van der Waals surface area (Å²) in [5.41, 5.74) is 0. The second kappa shape index (κ2) is 3.17. The zero-order valence-electron chi connectivity index (χ0n) is 5.03. The largest absolute Gasteiger partial charge is 0.247 e. The van der Waals surface area contributed by atoms with Crippen LogP contribution in [-0.2, 0) is 10.8 Å². The Balaban J connectivity index is 2.54. The van der Waals surface area contributed by atoms with E-state index >= 15 is 0 Å². The first-order valence-corrected chi connectivity index (χ1v) is 4.82. The van der Waals surface area contributed by atoms with Gasteiger partial charge in [0.25, 0.3) is 0 Å². The van der Waals surface area contributed by atoms with E-state index in [1.165, 1.54) is 11.8 Å². The molecule has 4 heteroatoms. The van der Waals surface area contributed by atoms with E-state index in [0.29, 0.717) is 0 Å². The van der Waals surface area contributed by atoms with E-state index < -0.39 is 10.8 Å². The molecule has 0 aromatic heterocycles. The second-order valence-electron chi connectivity index (χ2n) is 1.41. The standard InChI is InChI=1S/C5H7NOS2/c1-2-8-5-6-3-4-9(5)7/h3-4H,2H2,1H3. The summed E-state index contributed by atoms with van der Waals surface area (Å²) in [6.07, 6.45) is 1.59. The Labute approximate surface area is 60.9 Å². The maximum Gasteiger partial charge on any atom is 0.164 e. The van der Waals surface area contributed by atoms with Gasteiger partial charge >= 0.3 is 0 Å². The monoisotopic (exact) mass is 161 g/mol. The van der Waals surface area contributed by atoms with Crippen molar-refractivity contribution >= 4 is 26.9 Å². The molecule has 0 radical (unpaired) electrons. The lowest BCUT2D eigenvalue weighted by Crippen LogP contribution is -1.94. The fraction of sp³-hybridized carbons (Fsp3) is 0.400. The summed E-state index contributed by atoms with van der Waals surface area (Å²) in [6, 6.07) is 0. The van der Waals surface area contributed by atoms with Gasteiger partial charge < -0.3 is 0 Å². The molecule has 1 aliphatic heterocycles. The number of rotatable bonds is 1. The van der Waals surface area contributed by atoms with Crippen molar-refractivity contribution in [3.05, 3.63) is 11.6 Å². The predicted octanol–water partition coefficient (Wildman–Crippen LogP) is 1.33. The molecule has 0 saturated carbocycles. The Hall–Kier alpha value is -0.0900. The molecule has 1 unspecified atom stereocenters. The Morgan fingerprint density at radius 1 is 1.89 bits per heavy atom. The van der Waals surface area contributed by atoms with E-state index in [1.807, 2.05) is 6.92 Å². The molecule has 0 aromatic carbocycles. The van der Waals surface area contributed by atoms with Gasteiger partial charge in [0.15, 0.2) is 4.38 Å². The Morgan fingerprint density at radius 3 is 3.11 bits per heavy atom. The lowest BCUT2D eigenvalue weighted by atomic mass is 11.0. The van der Waals surface area contributed by atoms with Gasteiger partial charge in [-0.3, -0.25) is 0 Å². The molecule has 1 aliphatic rings. The minimum absolute atomic E-state index is 0.734. The van der Waals surface area contributed by atoms with Gasteiger partial charge in [0.1, 0.15) is 10.8 Å². The highest BCUT2D eigenvalue weighted by Crippen LogP contribution is 2.13. The first kappa shape index (κ1) is 7.02. The number of aliphatic imine (C=N–C) groups is 1. The molecular weight excluding hydrogens is 154 g/mol. The molecule has 9 heavy (non-hydrogen) atoms. The van der Waals surface area contributed by atoms with Crippen molar-refractivity contribution in [1.82, 2.24) is 0 Å². The Bertz CT molecular complexity index is 185. The zero-order valence-corrected chi connectivity index (χ0v) is 6.67. The van der Waals surface area contributed by atoms with Gasteiger partial charge in [-0.1, -0.05) is 18.7 Å². The molecule has 0 N–H and O–H groups in total. The van der Waals surface area contributed by atoms with E-state index in [2.05, 4.69) is 4.99 Å². The van der Waals surface area contributed by atoms with E-state index in [4.69, 9.17) is 0 Å². The summed E-state index contributed by atoms with van der Waals surface area (Å²) in [4.78, 5) is 3.91. The maximum atomic E-state index is 10.8. The third-order valence-electron chi connectivity index (χ3n) is 0.804.